The van der Waals surface area contributed by atoms with E-state index in [0.29, 0.717) is 28.6 Å². The van der Waals surface area contributed by atoms with Crippen LogP contribution >= 0.6 is 0 Å². The van der Waals surface area contributed by atoms with E-state index in [-0.39, 0.29) is 0 Å². The Morgan fingerprint density at radius 3 is 1.60 bits per heavy atom. The Kier molecular flexibility index (Phi) is 5.54. The summed E-state index contributed by atoms with van der Waals surface area (Å²) in [6.07, 6.45) is 8.71. The van der Waals surface area contributed by atoms with E-state index in [9.17, 15) is 5.11 Å². The van der Waals surface area contributed by atoms with Gasteiger partial charge in [-0.2, -0.15) is 0 Å². The van der Waals surface area contributed by atoms with Gasteiger partial charge in [0, 0.05) is 27.7 Å². The molecule has 1 heterocycles. The summed E-state index contributed by atoms with van der Waals surface area (Å²) >= 11 is 0. The molecule has 7 aliphatic rings. The highest BCUT2D eigenvalue weighted by Gasteiger charge is 2.70. The van der Waals surface area contributed by atoms with Gasteiger partial charge in [-0.25, -0.2) is 15.0 Å². The fourth-order valence-corrected chi connectivity index (χ4v) is 11.3. The first-order chi connectivity index (χ1) is 22.1. The Morgan fingerprint density at radius 1 is 0.511 bits per heavy atom. The Morgan fingerprint density at radius 2 is 1.02 bits per heavy atom. The summed E-state index contributed by atoms with van der Waals surface area (Å²) in [6, 6.07) is 35.3. The molecular weight excluding hydrogens is 550 g/mol. The average Bonchev–Trinajstić information content (AvgIpc) is 3.11. The summed E-state index contributed by atoms with van der Waals surface area (Å²) in [5.74, 6) is 8.75. The van der Waals surface area contributed by atoms with Gasteiger partial charge in [0.1, 0.15) is 5.75 Å². The third-order valence-corrected chi connectivity index (χ3v) is 12.8. The first-order valence-corrected chi connectivity index (χ1v) is 17.0. The van der Waals surface area contributed by atoms with Crippen molar-refractivity contribution in [3.05, 3.63) is 109 Å². The number of hydrogen-bond acceptors (Lipinski definition) is 4. The largest absolute Gasteiger partial charge is 0.507 e. The summed E-state index contributed by atoms with van der Waals surface area (Å²) in [4.78, 5) is 14.7. The summed E-state index contributed by atoms with van der Waals surface area (Å²) in [6.45, 7) is 0. The maximum atomic E-state index is 11.2. The fourth-order valence-electron chi connectivity index (χ4n) is 11.3. The lowest BCUT2D eigenvalue weighted by Crippen LogP contribution is -2.69. The van der Waals surface area contributed by atoms with Gasteiger partial charge in [0.25, 0.3) is 0 Å². The molecule has 8 bridgehead atoms. The van der Waals surface area contributed by atoms with E-state index in [1.165, 1.54) is 44.1 Å². The predicted octanol–water partition coefficient (Wildman–Crippen LogP) is 9.21. The molecule has 5 aromatic rings. The lowest BCUT2D eigenvalue weighted by Gasteiger charge is -2.74. The van der Waals surface area contributed by atoms with E-state index in [1.807, 2.05) is 66.7 Å². The van der Waals surface area contributed by atoms with Crippen molar-refractivity contribution in [1.82, 2.24) is 15.0 Å². The molecule has 0 amide bonds. The van der Waals surface area contributed by atoms with Gasteiger partial charge >= 0.3 is 0 Å². The highest BCUT2D eigenvalue weighted by Crippen LogP contribution is 2.76. The fraction of sp³-hybridized carbons (Fsp3) is 0.341. The Balaban J connectivity index is 1.03. The number of benzene rings is 4. The summed E-state index contributed by atoms with van der Waals surface area (Å²) in [5, 5.41) is 11.2. The second-order valence-electron chi connectivity index (χ2n) is 14.7. The van der Waals surface area contributed by atoms with Gasteiger partial charge in [0.05, 0.1) is 0 Å². The molecule has 0 radical (unpaired) electrons. The lowest BCUT2D eigenvalue weighted by molar-refractivity contribution is -0.220. The van der Waals surface area contributed by atoms with Crippen molar-refractivity contribution < 1.29 is 5.11 Å². The Labute approximate surface area is 264 Å². The average molecular weight is 588 g/mol. The normalized spacial score (nSPS) is 31.9. The smallest absolute Gasteiger partial charge is 0.164 e. The molecule has 7 fully saturated rings. The van der Waals surface area contributed by atoms with Crippen molar-refractivity contribution in [3.8, 4) is 51.0 Å². The third kappa shape index (κ3) is 3.81. The van der Waals surface area contributed by atoms with E-state index >= 15 is 0 Å². The maximum Gasteiger partial charge on any atom is 0.164 e. The summed E-state index contributed by atoms with van der Waals surface area (Å²) in [5.41, 5.74) is 6.66. The molecule has 12 rings (SSSR count). The monoisotopic (exact) mass is 587 g/mol. The number of hydrogen-bond donors (Lipinski definition) is 1. The summed E-state index contributed by atoms with van der Waals surface area (Å²) < 4.78 is 0. The van der Waals surface area contributed by atoms with Crippen LogP contribution in [0.5, 0.6) is 5.75 Å². The molecule has 1 aromatic heterocycles. The van der Waals surface area contributed by atoms with Crippen LogP contribution < -0.4 is 0 Å². The highest BCUT2D eigenvalue weighted by atomic mass is 16.3. The van der Waals surface area contributed by atoms with E-state index in [2.05, 4.69) is 36.4 Å². The second-order valence-corrected chi connectivity index (χ2v) is 14.7. The van der Waals surface area contributed by atoms with Gasteiger partial charge in [-0.1, -0.05) is 91.0 Å². The molecule has 0 aliphatic heterocycles. The molecule has 7 saturated carbocycles. The van der Waals surface area contributed by atoms with Crippen molar-refractivity contribution in [3.63, 3.8) is 0 Å². The molecular formula is C41H37N3O. The molecule has 1 N–H and O–H groups in total. The molecule has 45 heavy (non-hydrogen) atoms. The molecule has 4 nitrogen and oxygen atoms in total. The van der Waals surface area contributed by atoms with E-state index in [4.69, 9.17) is 15.0 Å². The van der Waals surface area contributed by atoms with Crippen LogP contribution in [0.4, 0.5) is 0 Å². The summed E-state index contributed by atoms with van der Waals surface area (Å²) in [7, 11) is 0. The zero-order valence-corrected chi connectivity index (χ0v) is 25.4. The lowest BCUT2D eigenvalue weighted by atomic mass is 9.30. The molecule has 0 saturated heterocycles. The van der Waals surface area contributed by atoms with Gasteiger partial charge in [-0.3, -0.25) is 0 Å². The number of rotatable bonds is 5. The van der Waals surface area contributed by atoms with Crippen LogP contribution in [0.2, 0.25) is 0 Å². The SMILES string of the molecule is Oc1ccc(C23CC4CC5C6CC(CC52)CC3C6C4)cc1-c1ccc(-c2nc(-c3ccccc3)nc(-c3ccccc3)n2)cc1. The topological polar surface area (TPSA) is 58.9 Å². The molecule has 7 aliphatic carbocycles. The van der Waals surface area contributed by atoms with Crippen molar-refractivity contribution in [2.24, 2.45) is 41.4 Å². The first-order valence-electron chi connectivity index (χ1n) is 17.0. The minimum atomic E-state index is 0.318. The molecule has 4 atom stereocenters. The van der Waals surface area contributed by atoms with Crippen LogP contribution in [0.1, 0.15) is 44.1 Å². The van der Waals surface area contributed by atoms with Gasteiger partial charge in [0.15, 0.2) is 17.5 Å². The van der Waals surface area contributed by atoms with Crippen LogP contribution in [-0.4, -0.2) is 20.1 Å². The highest BCUT2D eigenvalue weighted by molar-refractivity contribution is 5.74. The van der Waals surface area contributed by atoms with Crippen LogP contribution in [0, 0.1) is 41.4 Å². The minimum Gasteiger partial charge on any atom is -0.507 e. The molecule has 4 heteroatoms. The zero-order chi connectivity index (χ0) is 29.7. The minimum absolute atomic E-state index is 0.318. The van der Waals surface area contributed by atoms with Crippen molar-refractivity contribution in [2.75, 3.05) is 0 Å². The number of aromatic hydroxyl groups is 1. The number of aromatic nitrogens is 3. The Hall–Kier alpha value is -4.31. The van der Waals surface area contributed by atoms with Crippen LogP contribution in [0.25, 0.3) is 45.3 Å². The molecule has 4 aromatic carbocycles. The standard InChI is InChI=1S/C41H37N3O/c45-37-16-15-30(41-23-25-18-33-32-17-24(20-35(33)41)21-36(41)34(32)19-25)22-31(37)26-11-13-29(14-12-26)40-43-38(27-7-3-1-4-8-27)42-39(44-40)28-9-5-2-6-10-28/h1-16,22,24-25,32-36,45H,17-21,23H2. The van der Waals surface area contributed by atoms with Gasteiger partial charge in [-0.05, 0) is 103 Å². The molecule has 0 spiro atoms. The van der Waals surface area contributed by atoms with Gasteiger partial charge < -0.3 is 5.11 Å². The maximum absolute atomic E-state index is 11.2. The van der Waals surface area contributed by atoms with E-state index in [1.54, 1.807) is 0 Å². The molecule has 222 valence electrons. The van der Waals surface area contributed by atoms with E-state index in [0.717, 1.165) is 69.2 Å². The zero-order valence-electron chi connectivity index (χ0n) is 25.4. The van der Waals surface area contributed by atoms with Crippen LogP contribution in [0.15, 0.2) is 103 Å². The van der Waals surface area contributed by atoms with Crippen molar-refractivity contribution >= 4 is 0 Å². The molecule has 4 unspecified atom stereocenters. The van der Waals surface area contributed by atoms with Crippen molar-refractivity contribution in [2.45, 2.75) is 43.9 Å². The van der Waals surface area contributed by atoms with Gasteiger partial charge in [-0.15, -0.1) is 0 Å². The number of phenolic OH excluding ortho intramolecular Hbond substituents is 1. The van der Waals surface area contributed by atoms with Crippen molar-refractivity contribution in [1.29, 1.82) is 0 Å². The third-order valence-electron chi connectivity index (χ3n) is 12.8. The number of phenols is 1. The Bertz CT molecular complexity index is 1840. The second kappa shape index (κ2) is 9.59. The van der Waals surface area contributed by atoms with Crippen LogP contribution in [-0.2, 0) is 5.41 Å². The van der Waals surface area contributed by atoms with E-state index < -0.39 is 0 Å². The quantitative estimate of drug-likeness (QED) is 0.223. The van der Waals surface area contributed by atoms with Gasteiger partial charge in [0.2, 0.25) is 0 Å². The predicted molar refractivity (Wildman–Crippen MR) is 177 cm³/mol. The van der Waals surface area contributed by atoms with Crippen LogP contribution in [0.3, 0.4) is 0 Å². The number of nitrogens with zero attached hydrogens (tertiary/aromatic N) is 3. The first kappa shape index (κ1) is 26.0.